The second-order valence-corrected chi connectivity index (χ2v) is 6.38. The maximum atomic E-state index is 12.8. The molecular formula is C19H24N2O3. The van der Waals surface area contributed by atoms with Crippen LogP contribution in [0, 0.1) is 11.8 Å². The third-order valence-corrected chi connectivity index (χ3v) is 4.87. The molecule has 2 unspecified atom stereocenters. The van der Waals surface area contributed by atoms with E-state index in [0.29, 0.717) is 24.3 Å². The normalized spacial score (nSPS) is 23.1. The molecule has 0 saturated carbocycles. The zero-order valence-corrected chi connectivity index (χ0v) is 14.0. The molecule has 1 heterocycles. The first-order valence-electron chi connectivity index (χ1n) is 8.58. The Morgan fingerprint density at radius 3 is 2.46 bits per heavy atom. The van der Waals surface area contributed by atoms with Gasteiger partial charge in [0.2, 0.25) is 11.8 Å². The molecular weight excluding hydrogens is 304 g/mol. The Morgan fingerprint density at radius 2 is 1.75 bits per heavy atom. The van der Waals surface area contributed by atoms with Crippen molar-refractivity contribution in [2.24, 2.45) is 11.8 Å². The number of nitrogens with one attached hydrogen (secondary N) is 1. The van der Waals surface area contributed by atoms with Gasteiger partial charge in [-0.25, -0.2) is 0 Å². The number of amides is 2. The fourth-order valence-corrected chi connectivity index (χ4v) is 3.52. The van der Waals surface area contributed by atoms with Gasteiger partial charge in [0.1, 0.15) is 5.75 Å². The summed E-state index contributed by atoms with van der Waals surface area (Å²) in [6.45, 7) is 1.64. The second kappa shape index (κ2) is 7.51. The topological polar surface area (TPSA) is 58.6 Å². The Kier molecular flexibility index (Phi) is 5.18. The van der Waals surface area contributed by atoms with Crippen LogP contribution >= 0.6 is 0 Å². The van der Waals surface area contributed by atoms with Crippen molar-refractivity contribution in [3.05, 3.63) is 36.4 Å². The molecule has 0 aromatic heterocycles. The van der Waals surface area contributed by atoms with E-state index < -0.39 is 0 Å². The summed E-state index contributed by atoms with van der Waals surface area (Å²) in [7, 11) is 1.58. The molecule has 1 saturated heterocycles. The van der Waals surface area contributed by atoms with Crippen molar-refractivity contribution < 1.29 is 14.3 Å². The SMILES string of the molecule is COc1ccccc1NC(=O)C1CC=CCC1C(=O)N1CCCC1. The summed E-state index contributed by atoms with van der Waals surface area (Å²) in [5.41, 5.74) is 0.645. The van der Waals surface area contributed by atoms with Crippen LogP contribution in [0.25, 0.3) is 0 Å². The quantitative estimate of drug-likeness (QED) is 0.865. The minimum atomic E-state index is -0.326. The van der Waals surface area contributed by atoms with Gasteiger partial charge in [0.05, 0.1) is 24.6 Å². The summed E-state index contributed by atoms with van der Waals surface area (Å²) in [4.78, 5) is 27.5. The monoisotopic (exact) mass is 328 g/mol. The van der Waals surface area contributed by atoms with Gasteiger partial charge in [-0.05, 0) is 37.8 Å². The first-order valence-corrected chi connectivity index (χ1v) is 8.58. The lowest BCUT2D eigenvalue weighted by molar-refractivity contribution is -0.139. The van der Waals surface area contributed by atoms with E-state index in [1.807, 2.05) is 41.3 Å². The lowest BCUT2D eigenvalue weighted by atomic mass is 9.81. The summed E-state index contributed by atoms with van der Waals surface area (Å²) in [5, 5.41) is 2.94. The molecule has 0 spiro atoms. The molecule has 24 heavy (non-hydrogen) atoms. The summed E-state index contributed by atoms with van der Waals surface area (Å²) in [6.07, 6.45) is 7.38. The van der Waals surface area contributed by atoms with Gasteiger partial charge in [-0.2, -0.15) is 0 Å². The first kappa shape index (κ1) is 16.6. The average Bonchev–Trinajstić information content (AvgIpc) is 3.16. The lowest BCUT2D eigenvalue weighted by Gasteiger charge is -2.30. The molecule has 2 aliphatic rings. The first-order chi connectivity index (χ1) is 11.7. The third-order valence-electron chi connectivity index (χ3n) is 4.87. The number of carbonyl (C=O) groups is 2. The number of allylic oxidation sites excluding steroid dienone is 2. The fraction of sp³-hybridized carbons (Fsp3) is 0.474. The van der Waals surface area contributed by atoms with E-state index in [1.165, 1.54) is 0 Å². The average molecular weight is 328 g/mol. The van der Waals surface area contributed by atoms with Crippen molar-refractivity contribution in [2.75, 3.05) is 25.5 Å². The number of likely N-dealkylation sites (tertiary alicyclic amines) is 1. The highest BCUT2D eigenvalue weighted by atomic mass is 16.5. The number of benzene rings is 1. The van der Waals surface area contributed by atoms with E-state index in [4.69, 9.17) is 4.74 Å². The number of methoxy groups -OCH3 is 1. The Labute approximate surface area is 142 Å². The van der Waals surface area contributed by atoms with Gasteiger partial charge in [0.15, 0.2) is 0 Å². The van der Waals surface area contributed by atoms with Crippen LogP contribution in [0.4, 0.5) is 5.69 Å². The predicted octanol–water partition coefficient (Wildman–Crippen LogP) is 2.84. The minimum absolute atomic E-state index is 0.110. The molecule has 1 fully saturated rings. The highest BCUT2D eigenvalue weighted by Gasteiger charge is 2.37. The Morgan fingerprint density at radius 1 is 1.08 bits per heavy atom. The molecule has 0 bridgehead atoms. The van der Waals surface area contributed by atoms with Crippen LogP contribution in [0.2, 0.25) is 0 Å². The van der Waals surface area contributed by atoms with Crippen LogP contribution in [0.15, 0.2) is 36.4 Å². The Balaban J connectivity index is 1.74. The van der Waals surface area contributed by atoms with Crippen LogP contribution in [0.1, 0.15) is 25.7 Å². The highest BCUT2D eigenvalue weighted by Crippen LogP contribution is 2.31. The summed E-state index contributed by atoms with van der Waals surface area (Å²) >= 11 is 0. The fourth-order valence-electron chi connectivity index (χ4n) is 3.52. The van der Waals surface area contributed by atoms with Crippen molar-refractivity contribution in [1.82, 2.24) is 4.90 Å². The zero-order chi connectivity index (χ0) is 16.9. The number of carbonyl (C=O) groups excluding carboxylic acids is 2. The number of nitrogens with zero attached hydrogens (tertiary/aromatic N) is 1. The van der Waals surface area contributed by atoms with E-state index in [-0.39, 0.29) is 23.7 Å². The molecule has 1 aliphatic carbocycles. The van der Waals surface area contributed by atoms with E-state index >= 15 is 0 Å². The molecule has 128 valence electrons. The lowest BCUT2D eigenvalue weighted by Crippen LogP contribution is -2.42. The maximum absolute atomic E-state index is 12.8. The van der Waals surface area contributed by atoms with Gasteiger partial charge in [0, 0.05) is 13.1 Å². The molecule has 1 N–H and O–H groups in total. The number of anilines is 1. The maximum Gasteiger partial charge on any atom is 0.228 e. The van der Waals surface area contributed by atoms with Crippen molar-refractivity contribution >= 4 is 17.5 Å². The standard InChI is InChI=1S/C19H24N2O3/c1-24-17-11-5-4-10-16(17)20-18(22)14-8-2-3-9-15(14)19(23)21-12-6-7-13-21/h2-5,10-11,14-15H,6-9,12-13H2,1H3,(H,20,22). The molecule has 0 radical (unpaired) electrons. The van der Waals surface area contributed by atoms with Crippen LogP contribution < -0.4 is 10.1 Å². The minimum Gasteiger partial charge on any atom is -0.495 e. The second-order valence-electron chi connectivity index (χ2n) is 6.38. The smallest absolute Gasteiger partial charge is 0.228 e. The van der Waals surface area contributed by atoms with Crippen molar-refractivity contribution in [3.8, 4) is 5.75 Å². The number of ether oxygens (including phenoxy) is 1. The van der Waals surface area contributed by atoms with Gasteiger partial charge in [-0.3, -0.25) is 9.59 Å². The van der Waals surface area contributed by atoms with Crippen LogP contribution in [-0.2, 0) is 9.59 Å². The third kappa shape index (κ3) is 3.45. The predicted molar refractivity (Wildman–Crippen MR) is 92.8 cm³/mol. The van der Waals surface area contributed by atoms with E-state index in [2.05, 4.69) is 5.32 Å². The molecule has 5 nitrogen and oxygen atoms in total. The highest BCUT2D eigenvalue weighted by molar-refractivity contribution is 5.97. The van der Waals surface area contributed by atoms with Gasteiger partial charge in [-0.1, -0.05) is 24.3 Å². The molecule has 1 aromatic rings. The van der Waals surface area contributed by atoms with Gasteiger partial charge in [0.25, 0.3) is 0 Å². The number of para-hydroxylation sites is 2. The van der Waals surface area contributed by atoms with E-state index in [1.54, 1.807) is 7.11 Å². The van der Waals surface area contributed by atoms with E-state index in [0.717, 1.165) is 25.9 Å². The van der Waals surface area contributed by atoms with Gasteiger partial charge in [-0.15, -0.1) is 0 Å². The van der Waals surface area contributed by atoms with Crippen molar-refractivity contribution in [3.63, 3.8) is 0 Å². The van der Waals surface area contributed by atoms with Gasteiger partial charge >= 0.3 is 0 Å². The summed E-state index contributed by atoms with van der Waals surface area (Å²) < 4.78 is 5.29. The van der Waals surface area contributed by atoms with Crippen LogP contribution in [0.3, 0.4) is 0 Å². The van der Waals surface area contributed by atoms with Gasteiger partial charge < -0.3 is 15.0 Å². The Hall–Kier alpha value is -2.30. The van der Waals surface area contributed by atoms with E-state index in [9.17, 15) is 9.59 Å². The largest absolute Gasteiger partial charge is 0.495 e. The number of rotatable bonds is 4. The van der Waals surface area contributed by atoms with Crippen molar-refractivity contribution in [2.45, 2.75) is 25.7 Å². The molecule has 1 aliphatic heterocycles. The Bertz CT molecular complexity index is 635. The summed E-state index contributed by atoms with van der Waals surface area (Å²) in [5.74, 6) is 0.0499. The van der Waals surface area contributed by atoms with Crippen molar-refractivity contribution in [1.29, 1.82) is 0 Å². The van der Waals surface area contributed by atoms with Crippen LogP contribution in [-0.4, -0.2) is 36.9 Å². The molecule has 2 amide bonds. The summed E-state index contributed by atoms with van der Waals surface area (Å²) in [6, 6.07) is 7.33. The molecule has 3 rings (SSSR count). The molecule has 1 aromatic carbocycles. The van der Waals surface area contributed by atoms with Crippen LogP contribution in [0.5, 0.6) is 5.75 Å². The number of hydrogen-bond donors (Lipinski definition) is 1. The molecule has 5 heteroatoms. The zero-order valence-electron chi connectivity index (χ0n) is 14.0. The number of hydrogen-bond acceptors (Lipinski definition) is 3. The molecule has 2 atom stereocenters.